The molecule has 17 heavy (non-hydrogen) atoms. The summed E-state index contributed by atoms with van der Waals surface area (Å²) in [4.78, 5) is 0. The standard InChI is InChI=1S/C8H14N2O5S2/c1-16-8-10-9-7(17-8)6(15)5(14)4(13)3(12)2-11/h3-6,11-15H,2H2,1H3/t3-,4+,5+,6-/m1/s1. The normalized spacial score (nSPS) is 18.7. The minimum atomic E-state index is -1.66. The molecule has 0 spiro atoms. The van der Waals surface area contributed by atoms with E-state index in [0.717, 1.165) is 11.3 Å². The maximum Gasteiger partial charge on any atom is 0.174 e. The summed E-state index contributed by atoms with van der Waals surface area (Å²) in [6.45, 7) is -0.711. The van der Waals surface area contributed by atoms with Crippen molar-refractivity contribution < 1.29 is 25.5 Å². The summed E-state index contributed by atoms with van der Waals surface area (Å²) >= 11 is 2.42. The Kier molecular flexibility index (Phi) is 5.73. The first kappa shape index (κ1) is 14.8. The lowest BCUT2D eigenvalue weighted by atomic mass is 10.0. The van der Waals surface area contributed by atoms with Crippen LogP contribution in [0.4, 0.5) is 0 Å². The van der Waals surface area contributed by atoms with E-state index < -0.39 is 31.0 Å². The Labute approximate surface area is 106 Å². The van der Waals surface area contributed by atoms with Crippen LogP contribution in [0.25, 0.3) is 0 Å². The van der Waals surface area contributed by atoms with Crippen LogP contribution in [0.15, 0.2) is 4.34 Å². The lowest BCUT2D eigenvalue weighted by Gasteiger charge is -2.24. The molecule has 0 fully saturated rings. The van der Waals surface area contributed by atoms with Crippen LogP contribution in [-0.4, -0.2) is 66.9 Å². The minimum Gasteiger partial charge on any atom is -0.394 e. The molecule has 0 amide bonds. The van der Waals surface area contributed by atoms with Gasteiger partial charge in [0.05, 0.1) is 6.61 Å². The molecule has 0 aliphatic rings. The molecule has 1 aromatic rings. The average Bonchev–Trinajstić information content (AvgIpc) is 2.83. The third kappa shape index (κ3) is 3.58. The van der Waals surface area contributed by atoms with Crippen molar-refractivity contribution in [3.63, 3.8) is 0 Å². The van der Waals surface area contributed by atoms with Crippen LogP contribution in [0, 0.1) is 0 Å². The van der Waals surface area contributed by atoms with Crippen LogP contribution in [0.2, 0.25) is 0 Å². The number of hydrogen-bond acceptors (Lipinski definition) is 9. The number of aliphatic hydroxyl groups excluding tert-OH is 5. The summed E-state index contributed by atoms with van der Waals surface area (Å²) in [7, 11) is 0. The van der Waals surface area contributed by atoms with Crippen LogP contribution >= 0.6 is 23.1 Å². The van der Waals surface area contributed by atoms with Gasteiger partial charge in [-0.05, 0) is 6.26 Å². The topological polar surface area (TPSA) is 127 Å². The second-order valence-electron chi connectivity index (χ2n) is 3.29. The van der Waals surface area contributed by atoms with Gasteiger partial charge in [0, 0.05) is 0 Å². The van der Waals surface area contributed by atoms with Crippen molar-refractivity contribution in [3.05, 3.63) is 5.01 Å². The van der Waals surface area contributed by atoms with Crippen molar-refractivity contribution in [2.24, 2.45) is 0 Å². The van der Waals surface area contributed by atoms with E-state index in [1.165, 1.54) is 11.8 Å². The number of aliphatic hydroxyl groups is 5. The summed E-state index contributed by atoms with van der Waals surface area (Å²) < 4.78 is 0.614. The fourth-order valence-corrected chi connectivity index (χ4v) is 2.41. The van der Waals surface area contributed by atoms with Crippen LogP contribution in [0.3, 0.4) is 0 Å². The van der Waals surface area contributed by atoms with Gasteiger partial charge in [-0.15, -0.1) is 10.2 Å². The first-order valence-electron chi connectivity index (χ1n) is 4.71. The minimum absolute atomic E-state index is 0.144. The molecule has 7 nitrogen and oxygen atoms in total. The molecule has 1 aromatic heterocycles. The quantitative estimate of drug-likeness (QED) is 0.394. The molecule has 1 rings (SSSR count). The second kappa shape index (κ2) is 6.59. The summed E-state index contributed by atoms with van der Waals surface area (Å²) in [6, 6.07) is 0. The maximum absolute atomic E-state index is 9.71. The van der Waals surface area contributed by atoms with Gasteiger partial charge in [-0.2, -0.15) is 0 Å². The summed E-state index contributed by atoms with van der Waals surface area (Å²) in [5, 5.41) is 54.0. The van der Waals surface area contributed by atoms with Gasteiger partial charge in [0.25, 0.3) is 0 Å². The van der Waals surface area contributed by atoms with Gasteiger partial charge in [0.15, 0.2) is 4.34 Å². The van der Waals surface area contributed by atoms with Crippen LogP contribution in [0.5, 0.6) is 0 Å². The number of aromatic nitrogens is 2. The first-order chi connectivity index (χ1) is 8.01. The maximum atomic E-state index is 9.71. The molecule has 0 aromatic carbocycles. The Balaban J connectivity index is 2.71. The lowest BCUT2D eigenvalue weighted by Crippen LogP contribution is -2.42. The van der Waals surface area contributed by atoms with Crippen molar-refractivity contribution in [3.8, 4) is 0 Å². The largest absolute Gasteiger partial charge is 0.394 e. The second-order valence-corrected chi connectivity index (χ2v) is 5.35. The number of thioether (sulfide) groups is 1. The molecule has 5 N–H and O–H groups in total. The fraction of sp³-hybridized carbons (Fsp3) is 0.750. The SMILES string of the molecule is CSc1nnc([C@H](O)[C@@H](O)[C@@H](O)[C@H](O)CO)s1. The first-order valence-corrected chi connectivity index (χ1v) is 6.76. The molecular formula is C8H14N2O5S2. The van der Waals surface area contributed by atoms with Gasteiger partial charge in [-0.25, -0.2) is 0 Å². The number of hydrogen-bond donors (Lipinski definition) is 5. The highest BCUT2D eigenvalue weighted by molar-refractivity contribution is 8.00. The van der Waals surface area contributed by atoms with E-state index in [9.17, 15) is 15.3 Å². The van der Waals surface area contributed by atoms with Crippen molar-refractivity contribution >= 4 is 23.1 Å². The summed E-state index contributed by atoms with van der Waals surface area (Å²) in [6.07, 6.45) is -4.48. The Morgan fingerprint density at radius 1 is 1.18 bits per heavy atom. The molecule has 98 valence electrons. The molecule has 1 heterocycles. The molecule has 0 unspecified atom stereocenters. The molecule has 0 aliphatic carbocycles. The summed E-state index contributed by atoms with van der Waals surface area (Å²) in [5.41, 5.74) is 0. The van der Waals surface area contributed by atoms with Crippen molar-refractivity contribution in [1.82, 2.24) is 10.2 Å². The molecule has 4 atom stereocenters. The smallest absolute Gasteiger partial charge is 0.174 e. The molecule has 9 heteroatoms. The predicted octanol–water partition coefficient (Wildman–Crippen LogP) is -1.63. The zero-order valence-corrected chi connectivity index (χ0v) is 10.6. The third-order valence-corrected chi connectivity index (χ3v) is 4.07. The zero-order chi connectivity index (χ0) is 13.0. The third-order valence-electron chi connectivity index (χ3n) is 2.10. The van der Waals surface area contributed by atoms with E-state index in [1.54, 1.807) is 6.26 Å². The van der Waals surface area contributed by atoms with Crippen molar-refractivity contribution in [2.45, 2.75) is 28.8 Å². The highest BCUT2D eigenvalue weighted by atomic mass is 32.2. The van der Waals surface area contributed by atoms with Gasteiger partial charge in [-0.3, -0.25) is 0 Å². The molecule has 0 saturated heterocycles. The Morgan fingerprint density at radius 2 is 1.82 bits per heavy atom. The van der Waals surface area contributed by atoms with Gasteiger partial charge in [0.1, 0.15) is 29.4 Å². The molecule has 0 aliphatic heterocycles. The predicted molar refractivity (Wildman–Crippen MR) is 61.8 cm³/mol. The van der Waals surface area contributed by atoms with E-state index in [-0.39, 0.29) is 5.01 Å². The van der Waals surface area contributed by atoms with Gasteiger partial charge in [-0.1, -0.05) is 23.1 Å². The van der Waals surface area contributed by atoms with E-state index in [1.807, 2.05) is 0 Å². The van der Waals surface area contributed by atoms with Gasteiger partial charge >= 0.3 is 0 Å². The Bertz CT molecular complexity index is 350. The average molecular weight is 282 g/mol. The van der Waals surface area contributed by atoms with Crippen molar-refractivity contribution in [2.75, 3.05) is 12.9 Å². The molecule has 0 radical (unpaired) electrons. The van der Waals surface area contributed by atoms with Gasteiger partial charge in [0.2, 0.25) is 0 Å². The Hall–Kier alpha value is -0.290. The van der Waals surface area contributed by atoms with Gasteiger partial charge < -0.3 is 25.5 Å². The number of nitrogens with zero attached hydrogens (tertiary/aromatic N) is 2. The molecular weight excluding hydrogens is 268 g/mol. The fourth-order valence-electron chi connectivity index (χ4n) is 1.09. The van der Waals surface area contributed by atoms with Crippen LogP contribution < -0.4 is 0 Å². The van der Waals surface area contributed by atoms with E-state index in [0.29, 0.717) is 4.34 Å². The number of rotatable bonds is 6. The van der Waals surface area contributed by atoms with E-state index in [2.05, 4.69) is 10.2 Å². The van der Waals surface area contributed by atoms with E-state index >= 15 is 0 Å². The highest BCUT2D eigenvalue weighted by Crippen LogP contribution is 2.27. The van der Waals surface area contributed by atoms with E-state index in [4.69, 9.17) is 10.2 Å². The zero-order valence-electron chi connectivity index (χ0n) is 8.96. The summed E-state index contributed by atoms with van der Waals surface area (Å²) in [5.74, 6) is 0. The van der Waals surface area contributed by atoms with Crippen LogP contribution in [-0.2, 0) is 0 Å². The Morgan fingerprint density at radius 3 is 2.29 bits per heavy atom. The van der Waals surface area contributed by atoms with Crippen molar-refractivity contribution in [1.29, 1.82) is 0 Å². The molecule has 0 bridgehead atoms. The highest BCUT2D eigenvalue weighted by Gasteiger charge is 2.32. The monoisotopic (exact) mass is 282 g/mol. The molecule has 0 saturated carbocycles. The van der Waals surface area contributed by atoms with Crippen LogP contribution in [0.1, 0.15) is 11.1 Å². The lowest BCUT2D eigenvalue weighted by molar-refractivity contribution is -0.116.